The molecule has 48 heavy (non-hydrogen) atoms. The van der Waals surface area contributed by atoms with Crippen molar-refractivity contribution < 1.29 is 24.5 Å². The fourth-order valence-corrected chi connectivity index (χ4v) is 10.6. The van der Waals surface area contributed by atoms with Crippen LogP contribution in [0.15, 0.2) is 109 Å². The Morgan fingerprint density at radius 1 is 0.750 bits per heavy atom. The Labute approximate surface area is 304 Å². The Hall–Kier alpha value is -3.48. The number of benzene rings is 4. The molecule has 4 aromatic carbocycles. The van der Waals surface area contributed by atoms with Gasteiger partial charge < -0.3 is 4.98 Å². The number of halogens is 1. The van der Waals surface area contributed by atoms with Gasteiger partial charge in [-0.2, -0.15) is 11.3 Å². The van der Waals surface area contributed by atoms with E-state index in [4.69, 9.17) is 0 Å². The summed E-state index contributed by atoms with van der Waals surface area (Å²) in [6, 6.07) is 38.3. The number of aryl methyl sites for hydroxylation is 1. The van der Waals surface area contributed by atoms with E-state index in [0.717, 1.165) is 48.3 Å². The minimum atomic E-state index is -1.77. The summed E-state index contributed by atoms with van der Waals surface area (Å²) in [7, 11) is 0. The number of hydrogen-bond acceptors (Lipinski definition) is 3. The van der Waals surface area contributed by atoms with Crippen molar-refractivity contribution in [3.05, 3.63) is 139 Å². The summed E-state index contributed by atoms with van der Waals surface area (Å²) in [5.41, 5.74) is 8.18. The third-order valence-electron chi connectivity index (χ3n) is 8.40. The number of thiophene rings is 1. The van der Waals surface area contributed by atoms with Gasteiger partial charge in [-0.05, 0) is 50.5 Å². The average molecular weight is 888 g/mol. The van der Waals surface area contributed by atoms with Crippen LogP contribution in [0.5, 0.6) is 0 Å². The zero-order chi connectivity index (χ0) is 33.3. The van der Waals surface area contributed by atoms with Gasteiger partial charge in [-0.1, -0.05) is 62.6 Å². The van der Waals surface area contributed by atoms with Crippen LogP contribution in [0.25, 0.3) is 53.8 Å². The van der Waals surface area contributed by atoms with Crippen LogP contribution < -0.4 is 4.40 Å². The van der Waals surface area contributed by atoms with Gasteiger partial charge in [0.15, 0.2) is 0 Å². The second-order valence-corrected chi connectivity index (χ2v) is 25.6. The van der Waals surface area contributed by atoms with Crippen molar-refractivity contribution in [2.24, 2.45) is 0 Å². The third kappa shape index (κ3) is 7.71. The molecule has 0 aliphatic carbocycles. The Balaban J connectivity index is 0.000000214. The summed E-state index contributed by atoms with van der Waals surface area (Å²) < 4.78 is 18.4. The monoisotopic (exact) mass is 889 g/mol. The van der Waals surface area contributed by atoms with E-state index < -0.39 is 13.3 Å². The summed E-state index contributed by atoms with van der Waals surface area (Å²) >= 11 is -0.0591. The Kier molecular flexibility index (Phi) is 10.9. The first-order chi connectivity index (χ1) is 22.4. The quantitative estimate of drug-likeness (QED) is 0.130. The molecule has 0 amide bonds. The summed E-state index contributed by atoms with van der Waals surface area (Å²) in [6.45, 7) is 8.80. The molecule has 7 aromatic rings. The molecule has 0 aliphatic rings. The molecule has 0 saturated carbocycles. The summed E-state index contributed by atoms with van der Waals surface area (Å²) in [6.07, 6.45) is 3.94. The molecule has 0 spiro atoms. The van der Waals surface area contributed by atoms with Gasteiger partial charge in [0.2, 0.25) is 0 Å². The Morgan fingerprint density at radius 3 is 2.17 bits per heavy atom. The Bertz CT molecular complexity index is 2200. The van der Waals surface area contributed by atoms with E-state index >= 15 is 0 Å². The molecule has 6 heteroatoms. The maximum absolute atomic E-state index is 14.6. The molecule has 0 aliphatic heterocycles. The molecule has 0 unspecified atom stereocenters. The van der Waals surface area contributed by atoms with Crippen LogP contribution in [0, 0.1) is 24.9 Å². The zero-order valence-electron chi connectivity index (χ0n) is 28.4. The first-order valence-corrected chi connectivity index (χ1v) is 24.1. The van der Waals surface area contributed by atoms with Crippen LogP contribution in [0.2, 0.25) is 17.3 Å². The largest absolute Gasteiger partial charge is 0 e. The van der Waals surface area contributed by atoms with Crippen molar-refractivity contribution in [3.8, 4) is 33.6 Å². The van der Waals surface area contributed by atoms with E-state index in [0.29, 0.717) is 5.56 Å². The van der Waals surface area contributed by atoms with Crippen LogP contribution in [-0.2, 0) is 25.5 Å². The molecule has 0 atom stereocenters. The van der Waals surface area contributed by atoms with Gasteiger partial charge in [0.25, 0.3) is 0 Å². The molecule has 0 N–H and O–H groups in total. The van der Waals surface area contributed by atoms with Crippen LogP contribution in [0.1, 0.15) is 31.9 Å². The van der Waals surface area contributed by atoms with Gasteiger partial charge in [0, 0.05) is 36.6 Å². The first kappa shape index (κ1) is 35.8. The van der Waals surface area contributed by atoms with E-state index in [1.165, 1.54) is 21.6 Å². The number of rotatable bonds is 4. The van der Waals surface area contributed by atoms with Crippen LogP contribution in [0.3, 0.4) is 0 Å². The minimum Gasteiger partial charge on any atom is 0 e. The molecule has 3 heterocycles. The molecule has 7 rings (SSSR count). The fraction of sp³-hybridized carbons (Fsp3) is 0.190. The SMILES string of the molecule is CC(C)(C)c1ccnc(-c2[c-]cc3sc4cccc(-c5ccccc5F)c4c3c2)c1.Cc1cc(-c2[c-]cccc2)nc[c]1[Ge]([CH3])([CH3])[CH3].[Ir]. The maximum Gasteiger partial charge on any atom is 0 e. The topological polar surface area (TPSA) is 25.8 Å². The van der Waals surface area contributed by atoms with Crippen LogP contribution in [0.4, 0.5) is 4.39 Å². The summed E-state index contributed by atoms with van der Waals surface area (Å²) in [5, 5.41) is 2.20. The van der Waals surface area contributed by atoms with Gasteiger partial charge in [-0.15, -0.1) is 23.8 Å². The standard InChI is InChI=1S/C27H21FNS.C15H18GeN.Ir/c1-27(2,3)18-13-14-29-23(16-18)17-11-12-24-21(15-17)26-20(8-6-10-25(26)30-24)19-7-4-5-9-22(19)28;1-12-10-15(13-8-6-5-7-9-13)17-11-14(12)16(2,3)4;/h4-10,12-16H,1-3H3;5-8,10-11H,1-4H3;/q2*-1;. The van der Waals surface area contributed by atoms with E-state index in [1.54, 1.807) is 17.4 Å². The average Bonchev–Trinajstić information content (AvgIpc) is 3.43. The van der Waals surface area contributed by atoms with Gasteiger partial charge >= 0.3 is 106 Å². The van der Waals surface area contributed by atoms with Crippen molar-refractivity contribution in [1.29, 1.82) is 0 Å². The summed E-state index contributed by atoms with van der Waals surface area (Å²) in [5.74, 6) is 7.00. The molecule has 0 saturated heterocycles. The fourth-order valence-electron chi connectivity index (χ4n) is 5.91. The number of pyridine rings is 2. The van der Waals surface area contributed by atoms with Crippen LogP contribution in [-0.4, -0.2) is 23.2 Å². The second kappa shape index (κ2) is 14.6. The van der Waals surface area contributed by atoms with Crippen molar-refractivity contribution in [2.75, 3.05) is 0 Å². The predicted molar refractivity (Wildman–Crippen MR) is 202 cm³/mol. The summed E-state index contributed by atoms with van der Waals surface area (Å²) in [4.78, 5) is 9.19. The molecule has 0 fully saturated rings. The van der Waals surface area contributed by atoms with Gasteiger partial charge in [-0.25, -0.2) is 4.39 Å². The number of fused-ring (bicyclic) bond motifs is 3. The van der Waals surface area contributed by atoms with E-state index in [1.807, 2.05) is 54.7 Å². The maximum atomic E-state index is 14.6. The molecular weight excluding hydrogens is 848 g/mol. The van der Waals surface area contributed by atoms with Gasteiger partial charge in [0.05, 0.1) is 0 Å². The van der Waals surface area contributed by atoms with Crippen LogP contribution >= 0.6 is 11.3 Å². The van der Waals surface area contributed by atoms with Crippen molar-refractivity contribution in [2.45, 2.75) is 50.4 Å². The van der Waals surface area contributed by atoms with Crippen molar-refractivity contribution in [3.63, 3.8) is 0 Å². The number of hydrogen-bond donors (Lipinski definition) is 0. The smallest absolute Gasteiger partial charge is 0 e. The first-order valence-electron chi connectivity index (χ1n) is 15.9. The molecule has 245 valence electrons. The molecule has 1 radical (unpaired) electrons. The molecule has 0 bridgehead atoms. The van der Waals surface area contributed by atoms with Gasteiger partial charge in [-0.3, -0.25) is 0 Å². The van der Waals surface area contributed by atoms with Crippen molar-refractivity contribution in [1.82, 2.24) is 9.97 Å². The normalized spacial score (nSPS) is 11.6. The molecule has 3 aromatic heterocycles. The zero-order valence-corrected chi connectivity index (χ0v) is 33.7. The predicted octanol–water partition coefficient (Wildman–Crippen LogP) is 11.4. The Morgan fingerprint density at radius 2 is 1.48 bits per heavy atom. The van der Waals surface area contributed by atoms with E-state index in [9.17, 15) is 4.39 Å². The van der Waals surface area contributed by atoms with Gasteiger partial charge in [0.1, 0.15) is 5.82 Å². The van der Waals surface area contributed by atoms with Crippen molar-refractivity contribution >= 4 is 49.2 Å². The molecule has 2 nitrogen and oxygen atoms in total. The molecular formula is C42H39FGeIrN2S-2. The minimum absolute atomic E-state index is 0. The van der Waals surface area contributed by atoms with E-state index in [-0.39, 0.29) is 31.3 Å². The third-order valence-corrected chi connectivity index (χ3v) is 14.0. The second-order valence-electron chi connectivity index (χ2n) is 14.0. The van der Waals surface area contributed by atoms with E-state index in [2.05, 4.69) is 110 Å². The number of aromatic nitrogens is 2. The number of nitrogens with zero attached hydrogens (tertiary/aromatic N) is 2.